The number of hydrogen-bond donors (Lipinski definition) is 0. The van der Waals surface area contributed by atoms with E-state index in [4.69, 9.17) is 14.5 Å². The quantitative estimate of drug-likeness (QED) is 0.203. The number of benzene rings is 2. The van der Waals surface area contributed by atoms with Crippen molar-refractivity contribution in [3.8, 4) is 44.6 Å². The number of ether oxygens (including phenoxy) is 2. The highest BCUT2D eigenvalue weighted by molar-refractivity contribution is 7.98. The highest BCUT2D eigenvalue weighted by atomic mass is 32.2. The van der Waals surface area contributed by atoms with E-state index in [1.165, 1.54) is 21.6 Å². The monoisotopic (exact) mass is 532 g/mol. The van der Waals surface area contributed by atoms with Crippen LogP contribution in [-0.2, 0) is 12.3 Å². The van der Waals surface area contributed by atoms with Crippen LogP contribution in [0.2, 0.25) is 0 Å². The third-order valence-electron chi connectivity index (χ3n) is 6.11. The van der Waals surface area contributed by atoms with E-state index in [1.54, 1.807) is 34.4 Å². The third-order valence-corrected chi connectivity index (χ3v) is 8.96. The Morgan fingerprint density at radius 1 is 0.944 bits per heavy atom. The normalized spacial score (nSPS) is 12.4. The molecule has 2 aromatic carbocycles. The molecule has 0 fully saturated rings. The Balaban J connectivity index is 1.23. The van der Waals surface area contributed by atoms with Crippen LogP contribution in [0, 0.1) is 13.8 Å². The van der Waals surface area contributed by atoms with Gasteiger partial charge in [-0.05, 0) is 44.5 Å². The molecule has 0 saturated heterocycles. The molecule has 0 saturated carbocycles. The maximum atomic E-state index is 5.51. The molecule has 0 aliphatic carbocycles. The molecule has 0 N–H and O–H groups in total. The largest absolute Gasteiger partial charge is 0.454 e. The lowest BCUT2D eigenvalue weighted by atomic mass is 10.0. The maximum Gasteiger partial charge on any atom is 0.231 e. The second kappa shape index (κ2) is 9.72. The molecule has 6 rings (SSSR count). The summed E-state index contributed by atoms with van der Waals surface area (Å²) in [6.07, 6.45) is 0. The summed E-state index contributed by atoms with van der Waals surface area (Å²) >= 11 is 5.07. The fraction of sp³-hybridized carbons (Fsp3) is 0.222. The first kappa shape index (κ1) is 23.3. The fourth-order valence-corrected chi connectivity index (χ4v) is 6.93. The minimum atomic E-state index is 0.274. The highest BCUT2D eigenvalue weighted by Gasteiger charge is 2.21. The van der Waals surface area contributed by atoms with Gasteiger partial charge in [-0.3, -0.25) is 0 Å². The van der Waals surface area contributed by atoms with Crippen LogP contribution in [0.15, 0.2) is 58.4 Å². The summed E-state index contributed by atoms with van der Waals surface area (Å²) in [6, 6.07) is 14.7. The van der Waals surface area contributed by atoms with Crippen molar-refractivity contribution in [2.24, 2.45) is 0 Å². The summed E-state index contributed by atoms with van der Waals surface area (Å²) in [6.45, 7) is 7.50. The molecule has 1 aliphatic rings. The third kappa shape index (κ3) is 4.31. The summed E-state index contributed by atoms with van der Waals surface area (Å²) in [5, 5.41) is 15.4. The number of fused-ring (bicyclic) bond motifs is 1. The summed E-state index contributed by atoms with van der Waals surface area (Å²) in [4.78, 5) is 6.14. The molecule has 0 spiro atoms. The summed E-state index contributed by atoms with van der Waals surface area (Å²) in [5.74, 6) is 3.20. The predicted molar refractivity (Wildman–Crippen MR) is 147 cm³/mol. The van der Waals surface area contributed by atoms with Crippen molar-refractivity contribution < 1.29 is 9.47 Å². The van der Waals surface area contributed by atoms with Gasteiger partial charge in [0, 0.05) is 44.6 Å². The zero-order chi connectivity index (χ0) is 24.6. The van der Waals surface area contributed by atoms with Gasteiger partial charge < -0.3 is 14.0 Å². The molecule has 182 valence electrons. The van der Waals surface area contributed by atoms with Crippen LogP contribution in [0.1, 0.15) is 23.1 Å². The zero-order valence-corrected chi connectivity index (χ0v) is 22.6. The Kier molecular flexibility index (Phi) is 6.29. The molecule has 9 heteroatoms. The Labute approximate surface area is 222 Å². The van der Waals surface area contributed by atoms with Gasteiger partial charge in [-0.25, -0.2) is 4.98 Å². The molecular weight excluding hydrogens is 509 g/mol. The Morgan fingerprint density at radius 2 is 1.75 bits per heavy atom. The molecule has 0 radical (unpaired) electrons. The molecule has 36 heavy (non-hydrogen) atoms. The molecular formula is C27H24N4O2S3. The topological polar surface area (TPSA) is 62.1 Å². The minimum Gasteiger partial charge on any atom is -0.454 e. The SMILES string of the molecule is CCn1c(SCc2csc(-c3ccc4c(c3)OCO4)n2)nnc1-c1csc(C)c1-c1ccc(C)cc1. The van der Waals surface area contributed by atoms with E-state index in [0.717, 1.165) is 56.6 Å². The summed E-state index contributed by atoms with van der Waals surface area (Å²) < 4.78 is 13.1. The second-order valence-corrected chi connectivity index (χ2v) is 11.4. The number of rotatable bonds is 7. The number of thioether (sulfide) groups is 1. The van der Waals surface area contributed by atoms with Crippen LogP contribution in [0.4, 0.5) is 0 Å². The van der Waals surface area contributed by atoms with Gasteiger partial charge in [-0.15, -0.1) is 32.9 Å². The number of nitrogens with zero attached hydrogens (tertiary/aromatic N) is 4. The summed E-state index contributed by atoms with van der Waals surface area (Å²) in [5.41, 5.74) is 6.92. The maximum absolute atomic E-state index is 5.51. The lowest BCUT2D eigenvalue weighted by Crippen LogP contribution is -2.00. The predicted octanol–water partition coefficient (Wildman–Crippen LogP) is 7.45. The zero-order valence-electron chi connectivity index (χ0n) is 20.1. The first-order chi connectivity index (χ1) is 17.6. The molecule has 0 atom stereocenters. The van der Waals surface area contributed by atoms with E-state index >= 15 is 0 Å². The van der Waals surface area contributed by atoms with Gasteiger partial charge in [0.1, 0.15) is 5.01 Å². The first-order valence-electron chi connectivity index (χ1n) is 11.7. The average molecular weight is 533 g/mol. The fourth-order valence-electron chi connectivity index (χ4n) is 4.25. The lowest BCUT2D eigenvalue weighted by Gasteiger charge is -2.09. The highest BCUT2D eigenvalue weighted by Crippen LogP contribution is 2.40. The van der Waals surface area contributed by atoms with E-state index in [9.17, 15) is 0 Å². The van der Waals surface area contributed by atoms with Gasteiger partial charge in [0.05, 0.1) is 5.69 Å². The van der Waals surface area contributed by atoms with Crippen molar-refractivity contribution in [2.75, 3.05) is 6.79 Å². The molecule has 3 aromatic heterocycles. The number of thiazole rings is 1. The van der Waals surface area contributed by atoms with Gasteiger partial charge >= 0.3 is 0 Å². The van der Waals surface area contributed by atoms with Crippen LogP contribution in [0.3, 0.4) is 0 Å². The summed E-state index contributed by atoms with van der Waals surface area (Å²) in [7, 11) is 0. The lowest BCUT2D eigenvalue weighted by molar-refractivity contribution is 0.174. The number of aryl methyl sites for hydroxylation is 2. The van der Waals surface area contributed by atoms with E-state index in [0.29, 0.717) is 0 Å². The molecule has 5 aromatic rings. The van der Waals surface area contributed by atoms with Gasteiger partial charge in [0.2, 0.25) is 6.79 Å². The number of thiophene rings is 1. The first-order valence-corrected chi connectivity index (χ1v) is 14.4. The molecule has 0 unspecified atom stereocenters. The van der Waals surface area contributed by atoms with Gasteiger partial charge in [0.25, 0.3) is 0 Å². The smallest absolute Gasteiger partial charge is 0.231 e. The van der Waals surface area contributed by atoms with Crippen molar-refractivity contribution in [3.63, 3.8) is 0 Å². The van der Waals surface area contributed by atoms with Crippen molar-refractivity contribution in [1.29, 1.82) is 0 Å². The Morgan fingerprint density at radius 3 is 2.58 bits per heavy atom. The molecule has 0 bridgehead atoms. The van der Waals surface area contributed by atoms with Crippen molar-refractivity contribution in [2.45, 2.75) is 38.2 Å². The van der Waals surface area contributed by atoms with Crippen LogP contribution in [0.25, 0.3) is 33.1 Å². The van der Waals surface area contributed by atoms with Crippen LogP contribution in [-0.4, -0.2) is 26.5 Å². The van der Waals surface area contributed by atoms with Gasteiger partial charge in [-0.2, -0.15) is 0 Å². The van der Waals surface area contributed by atoms with Crippen LogP contribution >= 0.6 is 34.4 Å². The van der Waals surface area contributed by atoms with Crippen molar-refractivity contribution in [1.82, 2.24) is 19.7 Å². The van der Waals surface area contributed by atoms with Crippen molar-refractivity contribution in [3.05, 3.63) is 69.4 Å². The van der Waals surface area contributed by atoms with E-state index in [-0.39, 0.29) is 6.79 Å². The minimum absolute atomic E-state index is 0.274. The number of hydrogen-bond acceptors (Lipinski definition) is 8. The molecule has 0 amide bonds. The van der Waals surface area contributed by atoms with E-state index < -0.39 is 0 Å². The average Bonchev–Trinajstić information content (AvgIpc) is 3.68. The molecule has 4 heterocycles. The Bertz CT molecular complexity index is 1540. The van der Waals surface area contributed by atoms with Crippen LogP contribution in [0.5, 0.6) is 11.5 Å². The number of aromatic nitrogens is 4. The standard InChI is InChI=1S/C27H24N4O2S3/c1-4-31-25(21-14-34-17(3)24(21)18-7-5-16(2)6-8-18)29-30-27(31)36-13-20-12-35-26(28-20)19-9-10-22-23(11-19)33-15-32-22/h5-12,14H,4,13,15H2,1-3H3. The molecule has 6 nitrogen and oxygen atoms in total. The molecule has 1 aliphatic heterocycles. The van der Waals surface area contributed by atoms with Crippen LogP contribution < -0.4 is 9.47 Å². The van der Waals surface area contributed by atoms with E-state index in [1.807, 2.05) is 18.2 Å². The van der Waals surface area contributed by atoms with E-state index in [2.05, 4.69) is 70.6 Å². The van der Waals surface area contributed by atoms with Gasteiger partial charge in [0.15, 0.2) is 22.5 Å². The second-order valence-electron chi connectivity index (χ2n) is 8.50. The Hall–Kier alpha value is -3.14. The van der Waals surface area contributed by atoms with Crippen molar-refractivity contribution >= 4 is 34.4 Å². The van der Waals surface area contributed by atoms with Gasteiger partial charge in [-0.1, -0.05) is 41.6 Å².